The Bertz CT molecular complexity index is 572. The molecule has 0 atom stereocenters. The minimum Gasteiger partial charge on any atom is -0.478 e. The number of fused-ring (bicyclic) bond motifs is 1. The number of para-hydroxylation sites is 1. The van der Waals surface area contributed by atoms with Crippen LogP contribution in [0.1, 0.15) is 18.6 Å². The highest BCUT2D eigenvalue weighted by molar-refractivity contribution is 5.80. The van der Waals surface area contributed by atoms with Gasteiger partial charge in [-0.3, -0.25) is 0 Å². The number of carbonyl (C=O) groups is 1. The third-order valence-corrected chi connectivity index (χ3v) is 2.76. The number of hydrogen-bond acceptors (Lipinski definition) is 2. The number of rotatable bonds is 6. The molecule has 0 aliphatic rings. The fraction of sp³-hybridized carbons (Fsp3) is 0.188. The molecule has 0 saturated heterocycles. The van der Waals surface area contributed by atoms with Crippen molar-refractivity contribution in [3.8, 4) is 0 Å². The maximum Gasteiger partial charge on any atom is 0.328 e. The lowest BCUT2D eigenvalue weighted by Crippen LogP contribution is -1.84. The summed E-state index contributed by atoms with van der Waals surface area (Å²) in [5.74, 6) is 0.0719. The standard InChI is InChI=1S/C16H16O3/c17-16(18)11-5-3-1-2-4-9-14-12-13-8-6-7-10-15(13)19-14/h1,3,5-8,10-12H,2,4,9H2,(H,17,18)/b3-1+,11-5+. The molecule has 0 radical (unpaired) electrons. The Balaban J connectivity index is 1.78. The summed E-state index contributed by atoms with van der Waals surface area (Å²) in [6.07, 6.45) is 9.15. The van der Waals surface area contributed by atoms with Gasteiger partial charge in [0, 0.05) is 17.9 Å². The van der Waals surface area contributed by atoms with Gasteiger partial charge in [0.1, 0.15) is 11.3 Å². The van der Waals surface area contributed by atoms with Crippen LogP contribution in [0.5, 0.6) is 0 Å². The monoisotopic (exact) mass is 256 g/mol. The van der Waals surface area contributed by atoms with Crippen molar-refractivity contribution >= 4 is 16.9 Å². The topological polar surface area (TPSA) is 50.4 Å². The average molecular weight is 256 g/mol. The predicted octanol–water partition coefficient (Wildman–Crippen LogP) is 3.95. The van der Waals surface area contributed by atoms with Crippen molar-refractivity contribution in [1.29, 1.82) is 0 Å². The Labute approximate surface area is 111 Å². The van der Waals surface area contributed by atoms with Gasteiger partial charge < -0.3 is 9.52 Å². The van der Waals surface area contributed by atoms with Gasteiger partial charge >= 0.3 is 5.97 Å². The molecule has 1 heterocycles. The predicted molar refractivity (Wildman–Crippen MR) is 75.1 cm³/mol. The number of allylic oxidation sites excluding steroid dienone is 3. The molecule has 0 fully saturated rings. The number of benzene rings is 1. The Morgan fingerprint density at radius 3 is 2.89 bits per heavy atom. The number of hydrogen-bond donors (Lipinski definition) is 1. The van der Waals surface area contributed by atoms with Crippen LogP contribution in [-0.4, -0.2) is 11.1 Å². The summed E-state index contributed by atoms with van der Waals surface area (Å²) >= 11 is 0. The molecular formula is C16H16O3. The second-order valence-corrected chi connectivity index (χ2v) is 4.27. The summed E-state index contributed by atoms with van der Waals surface area (Å²) in [4.78, 5) is 10.2. The Hall–Kier alpha value is -2.29. The number of carboxylic acids is 1. The van der Waals surface area contributed by atoms with E-state index in [4.69, 9.17) is 9.52 Å². The maximum atomic E-state index is 10.2. The zero-order valence-corrected chi connectivity index (χ0v) is 10.6. The maximum absolute atomic E-state index is 10.2. The molecule has 0 unspecified atom stereocenters. The van der Waals surface area contributed by atoms with E-state index in [9.17, 15) is 4.79 Å². The van der Waals surface area contributed by atoms with Gasteiger partial charge in [-0.05, 0) is 25.0 Å². The molecule has 0 aliphatic carbocycles. The lowest BCUT2D eigenvalue weighted by atomic mass is 10.2. The number of unbranched alkanes of at least 4 members (excludes halogenated alkanes) is 1. The molecule has 1 N–H and O–H groups in total. The highest BCUT2D eigenvalue weighted by atomic mass is 16.4. The minimum absolute atomic E-state index is 0.891. The van der Waals surface area contributed by atoms with Crippen molar-refractivity contribution in [3.05, 3.63) is 60.4 Å². The summed E-state index contributed by atoms with van der Waals surface area (Å²) < 4.78 is 5.71. The number of aliphatic carboxylic acids is 1. The molecule has 0 amide bonds. The van der Waals surface area contributed by atoms with Gasteiger partial charge in [-0.2, -0.15) is 0 Å². The first-order chi connectivity index (χ1) is 9.25. The third-order valence-electron chi connectivity index (χ3n) is 2.76. The Morgan fingerprint density at radius 2 is 2.11 bits per heavy atom. The first-order valence-corrected chi connectivity index (χ1v) is 6.29. The third kappa shape index (κ3) is 4.14. The normalized spacial score (nSPS) is 11.8. The molecule has 1 aromatic carbocycles. The van der Waals surface area contributed by atoms with Crippen LogP contribution in [-0.2, 0) is 11.2 Å². The Morgan fingerprint density at radius 1 is 1.26 bits per heavy atom. The SMILES string of the molecule is O=C(O)/C=C/C=C/CCCc1cc2ccccc2o1. The van der Waals surface area contributed by atoms with Gasteiger partial charge in [0.2, 0.25) is 0 Å². The van der Waals surface area contributed by atoms with Crippen molar-refractivity contribution in [1.82, 2.24) is 0 Å². The lowest BCUT2D eigenvalue weighted by Gasteiger charge is -1.92. The fourth-order valence-corrected chi connectivity index (χ4v) is 1.87. The van der Waals surface area contributed by atoms with E-state index in [1.807, 2.05) is 30.3 Å². The summed E-state index contributed by atoms with van der Waals surface area (Å²) in [5, 5.41) is 9.54. The lowest BCUT2D eigenvalue weighted by molar-refractivity contribution is -0.131. The van der Waals surface area contributed by atoms with Crippen LogP contribution in [0.25, 0.3) is 11.0 Å². The first-order valence-electron chi connectivity index (χ1n) is 6.29. The van der Waals surface area contributed by atoms with E-state index in [1.165, 1.54) is 6.08 Å². The molecule has 98 valence electrons. The van der Waals surface area contributed by atoms with Gasteiger partial charge in [-0.25, -0.2) is 4.79 Å². The number of carboxylic acid groups (broad SMARTS) is 1. The smallest absolute Gasteiger partial charge is 0.328 e. The van der Waals surface area contributed by atoms with Gasteiger partial charge in [0.25, 0.3) is 0 Å². The van der Waals surface area contributed by atoms with E-state index in [0.29, 0.717) is 0 Å². The molecule has 3 heteroatoms. The quantitative estimate of drug-likeness (QED) is 0.483. The van der Waals surface area contributed by atoms with Crippen molar-refractivity contribution < 1.29 is 14.3 Å². The van der Waals surface area contributed by atoms with E-state index in [-0.39, 0.29) is 0 Å². The first kappa shape index (κ1) is 13.1. The summed E-state index contributed by atoms with van der Waals surface area (Å²) in [6.45, 7) is 0. The van der Waals surface area contributed by atoms with Crippen molar-refractivity contribution in [2.24, 2.45) is 0 Å². The van der Waals surface area contributed by atoms with E-state index < -0.39 is 5.97 Å². The second kappa shape index (κ2) is 6.59. The molecule has 19 heavy (non-hydrogen) atoms. The minimum atomic E-state index is -0.924. The molecule has 1 aromatic heterocycles. The van der Waals surface area contributed by atoms with E-state index in [1.54, 1.807) is 6.08 Å². The van der Waals surface area contributed by atoms with Crippen LogP contribution >= 0.6 is 0 Å². The van der Waals surface area contributed by atoms with Crippen LogP contribution < -0.4 is 0 Å². The second-order valence-electron chi connectivity index (χ2n) is 4.27. The largest absolute Gasteiger partial charge is 0.478 e. The van der Waals surface area contributed by atoms with Gasteiger partial charge in [-0.1, -0.05) is 36.4 Å². The molecule has 2 aromatic rings. The Kier molecular flexibility index (Phi) is 4.56. The van der Waals surface area contributed by atoms with Gasteiger partial charge in [-0.15, -0.1) is 0 Å². The van der Waals surface area contributed by atoms with E-state index in [2.05, 4.69) is 6.07 Å². The fourth-order valence-electron chi connectivity index (χ4n) is 1.87. The highest BCUT2D eigenvalue weighted by Gasteiger charge is 2.01. The van der Waals surface area contributed by atoms with Crippen molar-refractivity contribution in [2.45, 2.75) is 19.3 Å². The zero-order chi connectivity index (χ0) is 13.5. The molecule has 3 nitrogen and oxygen atoms in total. The molecule has 0 aliphatic heterocycles. The number of furan rings is 1. The van der Waals surface area contributed by atoms with Crippen molar-refractivity contribution in [3.63, 3.8) is 0 Å². The van der Waals surface area contributed by atoms with E-state index >= 15 is 0 Å². The summed E-state index contributed by atoms with van der Waals surface area (Å²) in [6, 6.07) is 10.0. The summed E-state index contributed by atoms with van der Waals surface area (Å²) in [7, 11) is 0. The highest BCUT2D eigenvalue weighted by Crippen LogP contribution is 2.20. The molecule has 0 spiro atoms. The summed E-state index contributed by atoms with van der Waals surface area (Å²) in [5.41, 5.74) is 0.928. The van der Waals surface area contributed by atoms with Crippen LogP contribution in [0.15, 0.2) is 59.1 Å². The molecule has 0 bridgehead atoms. The van der Waals surface area contributed by atoms with Crippen LogP contribution in [0.4, 0.5) is 0 Å². The van der Waals surface area contributed by atoms with Gasteiger partial charge in [0.05, 0.1) is 0 Å². The van der Waals surface area contributed by atoms with E-state index in [0.717, 1.165) is 42.1 Å². The number of aryl methyl sites for hydroxylation is 1. The molecular weight excluding hydrogens is 240 g/mol. The molecule has 0 saturated carbocycles. The van der Waals surface area contributed by atoms with Crippen LogP contribution in [0.2, 0.25) is 0 Å². The van der Waals surface area contributed by atoms with Crippen molar-refractivity contribution in [2.75, 3.05) is 0 Å². The van der Waals surface area contributed by atoms with Crippen LogP contribution in [0, 0.1) is 0 Å². The average Bonchev–Trinajstić information content (AvgIpc) is 2.79. The van der Waals surface area contributed by atoms with Gasteiger partial charge in [0.15, 0.2) is 0 Å². The molecule has 2 rings (SSSR count). The zero-order valence-electron chi connectivity index (χ0n) is 10.6. The van der Waals surface area contributed by atoms with Crippen LogP contribution in [0.3, 0.4) is 0 Å².